The zero-order valence-corrected chi connectivity index (χ0v) is 10.1. The molecule has 1 rings (SSSR count). The first-order valence-corrected chi connectivity index (χ1v) is 5.59. The van der Waals surface area contributed by atoms with Gasteiger partial charge in [0.15, 0.2) is 0 Å². The molecule has 1 fully saturated rings. The summed E-state index contributed by atoms with van der Waals surface area (Å²) < 4.78 is 0. The van der Waals surface area contributed by atoms with Crippen LogP contribution in [0.25, 0.3) is 0 Å². The minimum Gasteiger partial charge on any atom is -0.381 e. The van der Waals surface area contributed by atoms with Crippen LogP contribution < -0.4 is 5.32 Å². The Balaban J connectivity index is 2.64. The van der Waals surface area contributed by atoms with Crippen molar-refractivity contribution in [2.24, 2.45) is 5.92 Å². The largest absolute Gasteiger partial charge is 0.381 e. The molecule has 1 atom stereocenters. The number of carbonyl (C=O) groups excluding carboxylic acids is 2. The van der Waals surface area contributed by atoms with Crippen LogP contribution in [0.3, 0.4) is 0 Å². The van der Waals surface area contributed by atoms with Gasteiger partial charge in [-0.2, -0.15) is 0 Å². The predicted octanol–water partition coefficient (Wildman–Crippen LogP) is -0.258. The lowest BCUT2D eigenvalue weighted by molar-refractivity contribution is -0.150. The number of amides is 2. The fourth-order valence-electron chi connectivity index (χ4n) is 1.97. The van der Waals surface area contributed by atoms with Crippen molar-refractivity contribution in [3.63, 3.8) is 0 Å². The molecule has 0 aliphatic carbocycles. The van der Waals surface area contributed by atoms with Gasteiger partial charge >= 0.3 is 0 Å². The molecule has 0 aromatic heterocycles. The third-order valence-electron chi connectivity index (χ3n) is 2.85. The van der Waals surface area contributed by atoms with Crippen LogP contribution in [0.4, 0.5) is 0 Å². The molecule has 0 saturated carbocycles. The van der Waals surface area contributed by atoms with Gasteiger partial charge in [0.05, 0.1) is 5.92 Å². The number of piperidine rings is 1. The molecule has 2 amide bonds. The van der Waals surface area contributed by atoms with Crippen molar-refractivity contribution in [3.8, 4) is 0 Å². The summed E-state index contributed by atoms with van der Waals surface area (Å²) in [5.74, 6) is -0.487. The lowest BCUT2D eigenvalue weighted by Gasteiger charge is -2.35. The Bertz CT molecular complexity index is 283. The van der Waals surface area contributed by atoms with Crippen LogP contribution in [0, 0.1) is 5.92 Å². The van der Waals surface area contributed by atoms with Crippen molar-refractivity contribution in [2.75, 3.05) is 20.1 Å². The summed E-state index contributed by atoms with van der Waals surface area (Å²) in [6.07, 6.45) is 1.61. The first kappa shape index (κ1) is 13.0. The standard InChI is InChI=1S/C11H20N2O3/c1-11(2,16)10(15)13-6-4-5-8(7-13)9(14)12-3/h8,16H,4-7H2,1-3H3,(H,12,14). The Hall–Kier alpha value is -1.10. The maximum atomic E-state index is 11.8. The fourth-order valence-corrected chi connectivity index (χ4v) is 1.97. The van der Waals surface area contributed by atoms with E-state index in [1.807, 2.05) is 0 Å². The molecule has 5 nitrogen and oxygen atoms in total. The number of hydrogen-bond acceptors (Lipinski definition) is 3. The summed E-state index contributed by atoms with van der Waals surface area (Å²) in [5, 5.41) is 12.2. The molecule has 0 aromatic rings. The zero-order chi connectivity index (χ0) is 12.3. The molecule has 0 spiro atoms. The highest BCUT2D eigenvalue weighted by molar-refractivity contribution is 5.85. The van der Waals surface area contributed by atoms with E-state index in [1.54, 1.807) is 11.9 Å². The van der Waals surface area contributed by atoms with Crippen LogP contribution >= 0.6 is 0 Å². The van der Waals surface area contributed by atoms with Gasteiger partial charge in [-0.15, -0.1) is 0 Å². The molecule has 1 unspecified atom stereocenters. The van der Waals surface area contributed by atoms with E-state index in [1.165, 1.54) is 13.8 Å². The lowest BCUT2D eigenvalue weighted by atomic mass is 9.95. The SMILES string of the molecule is CNC(=O)C1CCCN(C(=O)C(C)(C)O)C1. The van der Waals surface area contributed by atoms with Crippen LogP contribution in [-0.2, 0) is 9.59 Å². The third kappa shape index (κ3) is 2.95. The summed E-state index contributed by atoms with van der Waals surface area (Å²) in [5.41, 5.74) is -1.36. The van der Waals surface area contributed by atoms with E-state index in [9.17, 15) is 14.7 Å². The number of aliphatic hydroxyl groups is 1. The van der Waals surface area contributed by atoms with E-state index in [2.05, 4.69) is 5.32 Å². The fraction of sp³-hybridized carbons (Fsp3) is 0.818. The second kappa shape index (κ2) is 4.82. The van der Waals surface area contributed by atoms with Gasteiger partial charge in [-0.05, 0) is 26.7 Å². The molecule has 1 aliphatic heterocycles. The lowest BCUT2D eigenvalue weighted by Crippen LogP contribution is -2.51. The Labute approximate surface area is 95.8 Å². The first-order chi connectivity index (χ1) is 7.36. The summed E-state index contributed by atoms with van der Waals surface area (Å²) in [6, 6.07) is 0. The van der Waals surface area contributed by atoms with E-state index < -0.39 is 5.60 Å². The topological polar surface area (TPSA) is 69.6 Å². The van der Waals surface area contributed by atoms with Crippen LogP contribution in [-0.4, -0.2) is 47.6 Å². The number of hydrogen-bond donors (Lipinski definition) is 2. The number of nitrogens with zero attached hydrogens (tertiary/aromatic N) is 1. The van der Waals surface area contributed by atoms with Crippen molar-refractivity contribution >= 4 is 11.8 Å². The molecule has 0 aromatic carbocycles. The second-order valence-corrected chi connectivity index (χ2v) is 4.76. The molecule has 0 radical (unpaired) electrons. The third-order valence-corrected chi connectivity index (χ3v) is 2.85. The minimum absolute atomic E-state index is 0.0340. The summed E-state index contributed by atoms with van der Waals surface area (Å²) in [7, 11) is 1.60. The molecular weight excluding hydrogens is 208 g/mol. The molecule has 16 heavy (non-hydrogen) atoms. The first-order valence-electron chi connectivity index (χ1n) is 5.59. The van der Waals surface area contributed by atoms with E-state index >= 15 is 0 Å². The highest BCUT2D eigenvalue weighted by Crippen LogP contribution is 2.19. The average molecular weight is 228 g/mol. The van der Waals surface area contributed by atoms with Gasteiger partial charge < -0.3 is 15.3 Å². The molecule has 1 aliphatic rings. The van der Waals surface area contributed by atoms with E-state index in [4.69, 9.17) is 0 Å². The van der Waals surface area contributed by atoms with Crippen LogP contribution in [0.5, 0.6) is 0 Å². The van der Waals surface area contributed by atoms with E-state index in [-0.39, 0.29) is 17.7 Å². The van der Waals surface area contributed by atoms with Gasteiger partial charge in [0.1, 0.15) is 5.60 Å². The van der Waals surface area contributed by atoms with Gasteiger partial charge in [0.2, 0.25) is 5.91 Å². The molecule has 2 N–H and O–H groups in total. The number of carbonyl (C=O) groups is 2. The second-order valence-electron chi connectivity index (χ2n) is 4.76. The summed E-state index contributed by atoms with van der Waals surface area (Å²) >= 11 is 0. The minimum atomic E-state index is -1.36. The maximum Gasteiger partial charge on any atom is 0.253 e. The van der Waals surface area contributed by atoms with Gasteiger partial charge in [-0.25, -0.2) is 0 Å². The molecule has 1 heterocycles. The quantitative estimate of drug-likeness (QED) is 0.684. The van der Waals surface area contributed by atoms with Crippen LogP contribution in [0.15, 0.2) is 0 Å². The Morgan fingerprint density at radius 3 is 2.56 bits per heavy atom. The Morgan fingerprint density at radius 2 is 2.06 bits per heavy atom. The van der Waals surface area contributed by atoms with Crippen LogP contribution in [0.1, 0.15) is 26.7 Å². The smallest absolute Gasteiger partial charge is 0.253 e. The molecule has 1 saturated heterocycles. The Morgan fingerprint density at radius 1 is 1.44 bits per heavy atom. The monoisotopic (exact) mass is 228 g/mol. The van der Waals surface area contributed by atoms with Gasteiger partial charge in [0, 0.05) is 20.1 Å². The van der Waals surface area contributed by atoms with E-state index in [0.717, 1.165) is 12.8 Å². The summed E-state index contributed by atoms with van der Waals surface area (Å²) in [4.78, 5) is 24.9. The van der Waals surface area contributed by atoms with Crippen molar-refractivity contribution in [1.29, 1.82) is 0 Å². The number of nitrogens with one attached hydrogen (secondary N) is 1. The van der Waals surface area contributed by atoms with Crippen molar-refractivity contribution < 1.29 is 14.7 Å². The van der Waals surface area contributed by atoms with Gasteiger partial charge in [0.25, 0.3) is 5.91 Å². The molecule has 5 heteroatoms. The molecule has 0 bridgehead atoms. The van der Waals surface area contributed by atoms with Gasteiger partial charge in [-0.1, -0.05) is 0 Å². The zero-order valence-electron chi connectivity index (χ0n) is 10.1. The van der Waals surface area contributed by atoms with Crippen molar-refractivity contribution in [2.45, 2.75) is 32.3 Å². The van der Waals surface area contributed by atoms with E-state index in [0.29, 0.717) is 13.1 Å². The highest BCUT2D eigenvalue weighted by atomic mass is 16.3. The number of likely N-dealkylation sites (tertiary alicyclic amines) is 1. The van der Waals surface area contributed by atoms with Crippen LogP contribution in [0.2, 0.25) is 0 Å². The normalized spacial score (nSPS) is 21.8. The molecule has 92 valence electrons. The highest BCUT2D eigenvalue weighted by Gasteiger charge is 2.34. The van der Waals surface area contributed by atoms with Crippen molar-refractivity contribution in [1.82, 2.24) is 10.2 Å². The molecular formula is C11H20N2O3. The average Bonchev–Trinajstić information content (AvgIpc) is 2.26. The maximum absolute atomic E-state index is 11.8. The van der Waals surface area contributed by atoms with Crippen molar-refractivity contribution in [3.05, 3.63) is 0 Å². The predicted molar refractivity (Wildman–Crippen MR) is 59.7 cm³/mol. The van der Waals surface area contributed by atoms with Gasteiger partial charge in [-0.3, -0.25) is 9.59 Å². The number of rotatable bonds is 2. The summed E-state index contributed by atoms with van der Waals surface area (Å²) in [6.45, 7) is 3.97. The Kier molecular flexibility index (Phi) is 3.91.